The van der Waals surface area contributed by atoms with Gasteiger partial charge in [-0.2, -0.15) is 13.2 Å². The maximum Gasteiger partial charge on any atom is 0.416 e. The summed E-state index contributed by atoms with van der Waals surface area (Å²) in [6.07, 6.45) is -1.15. The highest BCUT2D eigenvalue weighted by Gasteiger charge is 2.31. The largest absolute Gasteiger partial charge is 0.475 e. The molecule has 40 heavy (non-hydrogen) atoms. The second-order valence-electron chi connectivity index (χ2n) is 10.6. The van der Waals surface area contributed by atoms with Crippen LogP contribution in [0.1, 0.15) is 53.5 Å². The van der Waals surface area contributed by atoms with E-state index in [2.05, 4.69) is 15.3 Å². The summed E-state index contributed by atoms with van der Waals surface area (Å²) in [5, 5.41) is 13.2. The van der Waals surface area contributed by atoms with Crippen molar-refractivity contribution in [3.63, 3.8) is 0 Å². The quantitative estimate of drug-likeness (QED) is 0.267. The summed E-state index contributed by atoms with van der Waals surface area (Å²) in [5.74, 6) is -0.351. The van der Waals surface area contributed by atoms with Gasteiger partial charge in [0.2, 0.25) is 5.82 Å². The molecule has 2 heterocycles. The van der Waals surface area contributed by atoms with Crippen molar-refractivity contribution in [1.82, 2.24) is 19.5 Å². The molecular formula is C29H31F3N6O2. The molecule has 2 N–H and O–H groups in total. The molecule has 5 rings (SSSR count). The van der Waals surface area contributed by atoms with Gasteiger partial charge >= 0.3 is 12.1 Å². The van der Waals surface area contributed by atoms with Crippen molar-refractivity contribution in [1.29, 1.82) is 0 Å². The first-order valence-corrected chi connectivity index (χ1v) is 13.1. The molecule has 1 unspecified atom stereocenters. The molecule has 0 aliphatic heterocycles. The third kappa shape index (κ3) is 5.32. The molecule has 1 saturated carbocycles. The second kappa shape index (κ2) is 10.4. The first-order chi connectivity index (χ1) is 18.9. The summed E-state index contributed by atoms with van der Waals surface area (Å²) in [6.45, 7) is 4.17. The van der Waals surface area contributed by atoms with E-state index in [1.165, 1.54) is 12.1 Å². The number of rotatable bonds is 8. The highest BCUT2D eigenvalue weighted by molar-refractivity contribution is 5.92. The van der Waals surface area contributed by atoms with E-state index in [9.17, 15) is 23.1 Å². The van der Waals surface area contributed by atoms with Gasteiger partial charge in [-0.05, 0) is 68.0 Å². The van der Waals surface area contributed by atoms with Crippen molar-refractivity contribution in [2.75, 3.05) is 24.3 Å². The van der Waals surface area contributed by atoms with Gasteiger partial charge in [-0.25, -0.2) is 19.7 Å². The zero-order chi connectivity index (χ0) is 28.8. The van der Waals surface area contributed by atoms with Crippen LogP contribution in [0.5, 0.6) is 0 Å². The van der Waals surface area contributed by atoms with Gasteiger partial charge in [-0.15, -0.1) is 0 Å². The minimum absolute atomic E-state index is 0.0326. The van der Waals surface area contributed by atoms with E-state index in [1.807, 2.05) is 55.6 Å². The van der Waals surface area contributed by atoms with E-state index in [1.54, 1.807) is 0 Å². The van der Waals surface area contributed by atoms with Crippen LogP contribution in [0.15, 0.2) is 42.5 Å². The van der Waals surface area contributed by atoms with E-state index in [4.69, 9.17) is 4.98 Å². The van der Waals surface area contributed by atoms with Crippen LogP contribution in [0.2, 0.25) is 0 Å². The van der Waals surface area contributed by atoms with Crippen LogP contribution < -0.4 is 10.2 Å². The molecule has 2 aromatic carbocycles. The third-order valence-electron chi connectivity index (χ3n) is 7.62. The van der Waals surface area contributed by atoms with Crippen molar-refractivity contribution in [3.05, 3.63) is 65.0 Å². The lowest BCUT2D eigenvalue weighted by Gasteiger charge is -2.32. The number of imidazole rings is 1. The van der Waals surface area contributed by atoms with Gasteiger partial charge in [0.25, 0.3) is 0 Å². The monoisotopic (exact) mass is 552 g/mol. The standard InChI is InChI=1S/C29H31F3N6O2/c1-16-8-13-21(37(3)4)14-22(16)27-36-25-23(38(27)15-18-9-11-20(12-10-18)29(30,31)32)24(34-26(35-25)28(39)40)33-17(2)19-6-5-7-19/h8-14,17,19H,5-7,15H2,1-4H3,(H,39,40)(H,33,34,35). The van der Waals surface area contributed by atoms with Crippen LogP contribution in [-0.2, 0) is 12.7 Å². The lowest BCUT2D eigenvalue weighted by Crippen LogP contribution is -2.31. The Morgan fingerprint density at radius 1 is 1.12 bits per heavy atom. The van der Waals surface area contributed by atoms with Crippen LogP contribution in [0.25, 0.3) is 22.6 Å². The molecule has 1 fully saturated rings. The Balaban J connectivity index is 1.72. The smallest absolute Gasteiger partial charge is 0.416 e. The fraction of sp³-hybridized carbons (Fsp3) is 0.379. The Hall–Kier alpha value is -4.15. The Morgan fingerprint density at radius 2 is 1.82 bits per heavy atom. The lowest BCUT2D eigenvalue weighted by molar-refractivity contribution is -0.137. The van der Waals surface area contributed by atoms with Gasteiger partial charge in [0.15, 0.2) is 11.5 Å². The summed E-state index contributed by atoms with van der Waals surface area (Å²) in [6, 6.07) is 11.0. The van der Waals surface area contributed by atoms with E-state index < -0.39 is 17.7 Å². The minimum Gasteiger partial charge on any atom is -0.475 e. The number of aromatic carboxylic acids is 1. The molecule has 0 saturated heterocycles. The number of anilines is 2. The molecule has 8 nitrogen and oxygen atoms in total. The molecule has 1 aliphatic rings. The van der Waals surface area contributed by atoms with Gasteiger partial charge in [0.1, 0.15) is 11.3 Å². The molecule has 1 aliphatic carbocycles. The number of alkyl halides is 3. The van der Waals surface area contributed by atoms with E-state index >= 15 is 0 Å². The van der Waals surface area contributed by atoms with Gasteiger partial charge in [0.05, 0.1) is 5.56 Å². The van der Waals surface area contributed by atoms with Crippen molar-refractivity contribution >= 4 is 28.6 Å². The predicted octanol–water partition coefficient (Wildman–Crippen LogP) is 6.23. The Labute approximate surface area is 229 Å². The van der Waals surface area contributed by atoms with Crippen molar-refractivity contribution < 1.29 is 23.1 Å². The van der Waals surface area contributed by atoms with Crippen LogP contribution in [0, 0.1) is 12.8 Å². The number of carboxylic acids is 1. The Morgan fingerprint density at radius 3 is 2.40 bits per heavy atom. The zero-order valence-electron chi connectivity index (χ0n) is 22.8. The molecule has 11 heteroatoms. The summed E-state index contributed by atoms with van der Waals surface area (Å²) < 4.78 is 41.5. The normalized spacial score (nSPS) is 14.7. The van der Waals surface area contributed by atoms with Gasteiger partial charge in [-0.3, -0.25) is 0 Å². The van der Waals surface area contributed by atoms with Crippen LogP contribution in [-0.4, -0.2) is 50.7 Å². The lowest BCUT2D eigenvalue weighted by atomic mass is 9.80. The molecule has 0 amide bonds. The first kappa shape index (κ1) is 27.4. The molecule has 2 aromatic heterocycles. The van der Waals surface area contributed by atoms with E-state index in [0.29, 0.717) is 28.6 Å². The third-order valence-corrected chi connectivity index (χ3v) is 7.62. The van der Waals surface area contributed by atoms with E-state index in [-0.39, 0.29) is 24.1 Å². The topological polar surface area (TPSA) is 96.2 Å². The number of aromatic nitrogens is 4. The summed E-state index contributed by atoms with van der Waals surface area (Å²) >= 11 is 0. The minimum atomic E-state index is -4.44. The first-order valence-electron chi connectivity index (χ1n) is 13.1. The fourth-order valence-corrected chi connectivity index (χ4v) is 4.98. The molecule has 1 atom stereocenters. The van der Waals surface area contributed by atoms with Crippen LogP contribution in [0.4, 0.5) is 24.7 Å². The summed E-state index contributed by atoms with van der Waals surface area (Å²) in [5.41, 5.74) is 3.25. The number of benzene rings is 2. The number of aryl methyl sites for hydroxylation is 1. The Kier molecular flexibility index (Phi) is 7.16. The predicted molar refractivity (Wildman–Crippen MR) is 148 cm³/mol. The van der Waals surface area contributed by atoms with Crippen molar-refractivity contribution in [3.8, 4) is 11.4 Å². The average molecular weight is 553 g/mol. The number of fused-ring (bicyclic) bond motifs is 1. The molecule has 210 valence electrons. The molecular weight excluding hydrogens is 521 g/mol. The number of nitrogens with zero attached hydrogens (tertiary/aromatic N) is 5. The molecule has 4 aromatic rings. The number of hydrogen-bond acceptors (Lipinski definition) is 6. The number of carbonyl (C=O) groups is 1. The number of hydrogen-bond donors (Lipinski definition) is 2. The molecule has 0 radical (unpaired) electrons. The maximum atomic E-state index is 13.2. The van der Waals surface area contributed by atoms with Crippen LogP contribution >= 0.6 is 0 Å². The zero-order valence-corrected chi connectivity index (χ0v) is 22.8. The highest BCUT2D eigenvalue weighted by atomic mass is 19.4. The van der Waals surface area contributed by atoms with Crippen molar-refractivity contribution in [2.24, 2.45) is 5.92 Å². The molecule has 0 spiro atoms. The maximum absolute atomic E-state index is 13.2. The number of halogens is 3. The van der Waals surface area contributed by atoms with Gasteiger partial charge in [0, 0.05) is 37.9 Å². The fourth-order valence-electron chi connectivity index (χ4n) is 4.98. The molecule has 0 bridgehead atoms. The van der Waals surface area contributed by atoms with Crippen molar-refractivity contribution in [2.45, 2.75) is 51.9 Å². The van der Waals surface area contributed by atoms with Gasteiger partial charge < -0.3 is 19.9 Å². The van der Waals surface area contributed by atoms with E-state index in [0.717, 1.165) is 48.2 Å². The van der Waals surface area contributed by atoms with Gasteiger partial charge in [-0.1, -0.05) is 24.6 Å². The Bertz CT molecular complexity index is 1560. The summed E-state index contributed by atoms with van der Waals surface area (Å²) in [7, 11) is 3.85. The highest BCUT2D eigenvalue weighted by Crippen LogP contribution is 2.36. The SMILES string of the molecule is Cc1ccc(N(C)C)cc1-c1nc2nc(C(=O)O)nc(NC(C)C3CCC3)c2n1Cc1ccc(C(F)(F)F)cc1. The average Bonchev–Trinajstić information content (AvgIpc) is 3.21. The number of carboxylic acid groups (broad SMARTS) is 1. The summed E-state index contributed by atoms with van der Waals surface area (Å²) in [4.78, 5) is 27.3. The second-order valence-corrected chi connectivity index (χ2v) is 10.6. The number of nitrogens with one attached hydrogen (secondary N) is 1. The van der Waals surface area contributed by atoms with Crippen LogP contribution in [0.3, 0.4) is 0 Å².